The molecule has 1 heterocycles. The third-order valence-electron chi connectivity index (χ3n) is 3.15. The average Bonchev–Trinajstić information content (AvgIpc) is 2.52. The number of aromatic nitrogens is 2. The Bertz CT molecular complexity index is 648. The molecule has 1 amide bonds. The monoisotopic (exact) mass is 318 g/mol. The van der Waals surface area contributed by atoms with E-state index in [2.05, 4.69) is 22.2 Å². The summed E-state index contributed by atoms with van der Waals surface area (Å²) < 4.78 is 0. The van der Waals surface area contributed by atoms with E-state index < -0.39 is 0 Å². The number of benzene rings is 1. The van der Waals surface area contributed by atoms with Gasteiger partial charge < -0.3 is 10.2 Å². The molecular weight excluding hydrogens is 300 g/mol. The van der Waals surface area contributed by atoms with Crippen molar-refractivity contribution < 1.29 is 4.79 Å². The van der Waals surface area contributed by atoms with Gasteiger partial charge in [0.15, 0.2) is 0 Å². The Morgan fingerprint density at radius 1 is 1.36 bits per heavy atom. The third kappa shape index (κ3) is 4.43. The molecule has 0 unspecified atom stereocenters. The highest BCUT2D eigenvalue weighted by Crippen LogP contribution is 2.16. The number of rotatable bonds is 6. The van der Waals surface area contributed by atoms with E-state index in [-0.39, 0.29) is 5.91 Å². The summed E-state index contributed by atoms with van der Waals surface area (Å²) in [4.78, 5) is 22.7. The van der Waals surface area contributed by atoms with Crippen LogP contribution in [0, 0.1) is 0 Å². The van der Waals surface area contributed by atoms with Gasteiger partial charge in [0.2, 0.25) is 5.95 Å². The molecule has 2 aromatic rings. The van der Waals surface area contributed by atoms with Gasteiger partial charge in [-0.25, -0.2) is 9.97 Å². The normalized spacial score (nSPS) is 10.3. The van der Waals surface area contributed by atoms with E-state index in [1.165, 1.54) is 0 Å². The second-order valence-corrected chi connectivity index (χ2v) is 5.42. The number of hydrogen-bond acceptors (Lipinski definition) is 4. The van der Waals surface area contributed by atoms with Gasteiger partial charge in [0.25, 0.3) is 5.91 Å². The molecule has 5 nitrogen and oxygen atoms in total. The first-order valence-electron chi connectivity index (χ1n) is 7.21. The van der Waals surface area contributed by atoms with Gasteiger partial charge in [-0.1, -0.05) is 31.0 Å². The summed E-state index contributed by atoms with van der Waals surface area (Å²) in [5, 5.41) is 3.35. The second kappa shape index (κ2) is 7.75. The van der Waals surface area contributed by atoms with Crippen LogP contribution in [-0.2, 0) is 0 Å². The van der Waals surface area contributed by atoms with Crippen LogP contribution in [0.15, 0.2) is 36.5 Å². The molecule has 0 saturated carbocycles. The summed E-state index contributed by atoms with van der Waals surface area (Å²) in [7, 11) is 1.92. The zero-order valence-corrected chi connectivity index (χ0v) is 13.5. The number of hydrogen-bond donors (Lipinski definition) is 1. The highest BCUT2D eigenvalue weighted by molar-refractivity contribution is 6.30. The number of halogens is 1. The van der Waals surface area contributed by atoms with E-state index in [1.807, 2.05) is 11.9 Å². The molecule has 1 aromatic carbocycles. The lowest BCUT2D eigenvalue weighted by molar-refractivity contribution is 0.102. The van der Waals surface area contributed by atoms with Crippen LogP contribution >= 0.6 is 11.6 Å². The zero-order chi connectivity index (χ0) is 15.9. The van der Waals surface area contributed by atoms with Crippen LogP contribution < -0.4 is 10.2 Å². The van der Waals surface area contributed by atoms with Gasteiger partial charge in [0.05, 0.1) is 0 Å². The van der Waals surface area contributed by atoms with Crippen molar-refractivity contribution in [2.45, 2.75) is 19.8 Å². The molecule has 1 N–H and O–H groups in total. The van der Waals surface area contributed by atoms with Crippen LogP contribution in [0.1, 0.15) is 30.3 Å². The number of unbranched alkanes of at least 4 members (excludes halogenated alkanes) is 1. The smallest absolute Gasteiger partial charge is 0.274 e. The van der Waals surface area contributed by atoms with Crippen molar-refractivity contribution in [3.63, 3.8) is 0 Å². The zero-order valence-electron chi connectivity index (χ0n) is 12.7. The fourth-order valence-corrected chi connectivity index (χ4v) is 2.11. The Kier molecular flexibility index (Phi) is 5.72. The van der Waals surface area contributed by atoms with Crippen molar-refractivity contribution in [2.24, 2.45) is 0 Å². The first-order chi connectivity index (χ1) is 10.6. The van der Waals surface area contributed by atoms with Crippen molar-refractivity contribution in [3.8, 4) is 0 Å². The maximum absolute atomic E-state index is 12.3. The predicted octanol–water partition coefficient (Wildman–Crippen LogP) is 3.62. The Morgan fingerprint density at radius 3 is 2.91 bits per heavy atom. The van der Waals surface area contributed by atoms with Gasteiger partial charge in [0, 0.05) is 30.5 Å². The molecule has 0 bridgehead atoms. The molecule has 0 aliphatic rings. The molecule has 2 rings (SSSR count). The van der Waals surface area contributed by atoms with Crippen LogP contribution in [0.4, 0.5) is 11.6 Å². The Balaban J connectivity index is 2.10. The minimum Gasteiger partial charge on any atom is -0.344 e. The van der Waals surface area contributed by atoms with Crippen molar-refractivity contribution in [1.29, 1.82) is 0 Å². The van der Waals surface area contributed by atoms with Gasteiger partial charge in [0.1, 0.15) is 5.69 Å². The quantitative estimate of drug-likeness (QED) is 0.883. The van der Waals surface area contributed by atoms with Crippen LogP contribution in [0.2, 0.25) is 5.02 Å². The number of carbonyl (C=O) groups excluding carboxylic acids is 1. The molecule has 22 heavy (non-hydrogen) atoms. The van der Waals surface area contributed by atoms with Gasteiger partial charge >= 0.3 is 0 Å². The maximum Gasteiger partial charge on any atom is 0.274 e. The number of anilines is 2. The van der Waals surface area contributed by atoms with E-state index in [0.29, 0.717) is 22.4 Å². The lowest BCUT2D eigenvalue weighted by Gasteiger charge is -2.16. The van der Waals surface area contributed by atoms with Crippen LogP contribution in [0.25, 0.3) is 0 Å². The van der Waals surface area contributed by atoms with E-state index in [1.54, 1.807) is 36.5 Å². The predicted molar refractivity (Wildman–Crippen MR) is 89.6 cm³/mol. The summed E-state index contributed by atoms with van der Waals surface area (Å²) in [5.41, 5.74) is 0.963. The summed E-state index contributed by atoms with van der Waals surface area (Å²) in [6, 6.07) is 8.59. The van der Waals surface area contributed by atoms with Crippen molar-refractivity contribution >= 4 is 29.1 Å². The highest BCUT2D eigenvalue weighted by atomic mass is 35.5. The molecular formula is C16H19ClN4O. The standard InChI is InChI=1S/C16H19ClN4O/c1-3-4-10-21(2)16-18-9-8-14(20-16)15(22)19-13-7-5-6-12(17)11-13/h5-9,11H,3-4,10H2,1-2H3,(H,19,22). The lowest BCUT2D eigenvalue weighted by atomic mass is 10.3. The summed E-state index contributed by atoms with van der Waals surface area (Å²) >= 11 is 5.91. The fourth-order valence-electron chi connectivity index (χ4n) is 1.92. The third-order valence-corrected chi connectivity index (χ3v) is 3.38. The van der Waals surface area contributed by atoms with Gasteiger partial charge in [-0.05, 0) is 30.7 Å². The maximum atomic E-state index is 12.3. The average molecular weight is 319 g/mol. The Labute approximate surface area is 135 Å². The summed E-state index contributed by atoms with van der Waals surface area (Å²) in [6.07, 6.45) is 3.75. The van der Waals surface area contributed by atoms with Crippen molar-refractivity contribution in [2.75, 3.05) is 23.8 Å². The van der Waals surface area contributed by atoms with E-state index in [9.17, 15) is 4.79 Å². The first-order valence-corrected chi connectivity index (χ1v) is 7.59. The topological polar surface area (TPSA) is 58.1 Å². The van der Waals surface area contributed by atoms with Gasteiger partial charge in [-0.15, -0.1) is 0 Å². The molecule has 0 saturated heterocycles. The molecule has 6 heteroatoms. The second-order valence-electron chi connectivity index (χ2n) is 4.98. The first kappa shape index (κ1) is 16.2. The number of nitrogens with zero attached hydrogens (tertiary/aromatic N) is 3. The molecule has 1 aromatic heterocycles. The minimum atomic E-state index is -0.283. The van der Waals surface area contributed by atoms with Gasteiger partial charge in [-0.3, -0.25) is 4.79 Å². The van der Waals surface area contributed by atoms with Gasteiger partial charge in [-0.2, -0.15) is 0 Å². The molecule has 0 atom stereocenters. The summed E-state index contributed by atoms with van der Waals surface area (Å²) in [6.45, 7) is 2.99. The SMILES string of the molecule is CCCCN(C)c1nccc(C(=O)Nc2cccc(Cl)c2)n1. The molecule has 0 aliphatic carbocycles. The van der Waals surface area contributed by atoms with Crippen LogP contribution in [0.3, 0.4) is 0 Å². The van der Waals surface area contributed by atoms with Crippen LogP contribution in [0.5, 0.6) is 0 Å². The number of nitrogens with one attached hydrogen (secondary N) is 1. The highest BCUT2D eigenvalue weighted by Gasteiger charge is 2.11. The number of carbonyl (C=O) groups is 1. The molecule has 116 valence electrons. The lowest BCUT2D eigenvalue weighted by Crippen LogP contribution is -2.22. The fraction of sp³-hybridized carbons (Fsp3) is 0.312. The van der Waals surface area contributed by atoms with Crippen molar-refractivity contribution in [3.05, 3.63) is 47.2 Å². The van der Waals surface area contributed by atoms with E-state index >= 15 is 0 Å². The minimum absolute atomic E-state index is 0.283. The number of amides is 1. The Morgan fingerprint density at radius 2 is 2.18 bits per heavy atom. The van der Waals surface area contributed by atoms with E-state index in [0.717, 1.165) is 19.4 Å². The van der Waals surface area contributed by atoms with E-state index in [4.69, 9.17) is 11.6 Å². The molecule has 0 fully saturated rings. The Hall–Kier alpha value is -2.14. The largest absolute Gasteiger partial charge is 0.344 e. The molecule has 0 spiro atoms. The van der Waals surface area contributed by atoms with Crippen LogP contribution in [-0.4, -0.2) is 29.5 Å². The molecule has 0 aliphatic heterocycles. The van der Waals surface area contributed by atoms with Crippen molar-refractivity contribution in [1.82, 2.24) is 9.97 Å². The molecule has 0 radical (unpaired) electrons. The summed E-state index contributed by atoms with van der Waals surface area (Å²) in [5.74, 6) is 0.266.